The second-order valence-corrected chi connectivity index (χ2v) is 3.79. The normalized spacial score (nSPS) is 31.7. The zero-order chi connectivity index (χ0) is 9.35. The minimum Gasteiger partial charge on any atom is -0.356 e. The van der Waals surface area contributed by atoms with Crippen LogP contribution in [0.1, 0.15) is 13.8 Å². The van der Waals surface area contributed by atoms with E-state index in [1.165, 1.54) is 0 Å². The van der Waals surface area contributed by atoms with Crippen LogP contribution in [0.3, 0.4) is 0 Å². The lowest BCUT2D eigenvalue weighted by molar-refractivity contribution is -0.122. The Kier molecular flexibility index (Phi) is 2.41. The molecule has 1 rings (SSSR count). The Morgan fingerprint density at radius 1 is 1.33 bits per heavy atom. The van der Waals surface area contributed by atoms with Crippen molar-refractivity contribution in [3.63, 3.8) is 0 Å². The van der Waals surface area contributed by atoms with Gasteiger partial charge in [-0.2, -0.15) is 5.26 Å². The van der Waals surface area contributed by atoms with Crippen LogP contribution in [0.15, 0.2) is 0 Å². The topological polar surface area (TPSA) is 42.2 Å². The molecule has 3 heteroatoms. The number of rotatable bonds is 3. The molecule has 1 fully saturated rings. The highest BCUT2D eigenvalue weighted by molar-refractivity contribution is 5.16. The molecule has 2 atom stereocenters. The number of nitrogens with zero attached hydrogens (tertiary/aromatic N) is 1. The second kappa shape index (κ2) is 3.04. The first-order valence-electron chi connectivity index (χ1n) is 4.04. The SMILES string of the molecule is COC(OC)C1C(C#N)C1(C)C. The molecule has 1 aliphatic carbocycles. The van der Waals surface area contributed by atoms with Gasteiger partial charge in [-0.1, -0.05) is 13.8 Å². The van der Waals surface area contributed by atoms with Crippen molar-refractivity contribution in [1.82, 2.24) is 0 Å². The number of hydrogen-bond acceptors (Lipinski definition) is 3. The van der Waals surface area contributed by atoms with Gasteiger partial charge in [0.25, 0.3) is 0 Å². The standard InChI is InChI=1S/C9H15NO2/c1-9(2)6(5-10)7(9)8(11-3)12-4/h6-8H,1-4H3. The van der Waals surface area contributed by atoms with E-state index < -0.39 is 0 Å². The van der Waals surface area contributed by atoms with Gasteiger partial charge in [0.05, 0.1) is 12.0 Å². The van der Waals surface area contributed by atoms with Crippen LogP contribution < -0.4 is 0 Å². The van der Waals surface area contributed by atoms with Gasteiger partial charge in [-0.25, -0.2) is 0 Å². The maximum Gasteiger partial charge on any atom is 0.161 e. The number of nitriles is 1. The van der Waals surface area contributed by atoms with Crippen molar-refractivity contribution in [1.29, 1.82) is 5.26 Å². The average molecular weight is 169 g/mol. The van der Waals surface area contributed by atoms with Crippen LogP contribution in [0.5, 0.6) is 0 Å². The summed E-state index contributed by atoms with van der Waals surface area (Å²) in [5.41, 5.74) is 0.0471. The maximum absolute atomic E-state index is 8.79. The van der Waals surface area contributed by atoms with E-state index in [-0.39, 0.29) is 23.5 Å². The third-order valence-corrected chi connectivity index (χ3v) is 2.81. The van der Waals surface area contributed by atoms with E-state index in [0.29, 0.717) is 0 Å². The predicted octanol–water partition coefficient (Wildman–Crippen LogP) is 1.40. The van der Waals surface area contributed by atoms with Crippen LogP contribution in [0.2, 0.25) is 0 Å². The minimum atomic E-state index is -0.232. The minimum absolute atomic E-state index is 0.0471. The van der Waals surface area contributed by atoms with E-state index >= 15 is 0 Å². The molecule has 0 spiro atoms. The molecule has 0 aliphatic heterocycles. The molecule has 0 radical (unpaired) electrons. The quantitative estimate of drug-likeness (QED) is 0.600. The first-order chi connectivity index (χ1) is 5.59. The fraction of sp³-hybridized carbons (Fsp3) is 0.889. The van der Waals surface area contributed by atoms with Crippen molar-refractivity contribution in [2.75, 3.05) is 14.2 Å². The average Bonchev–Trinajstić information content (AvgIpc) is 2.57. The summed E-state index contributed by atoms with van der Waals surface area (Å²) in [5.74, 6) is 0.292. The molecular weight excluding hydrogens is 154 g/mol. The Hall–Kier alpha value is -0.590. The molecular formula is C9H15NO2. The van der Waals surface area contributed by atoms with Gasteiger partial charge in [0.1, 0.15) is 0 Å². The van der Waals surface area contributed by atoms with Gasteiger partial charge in [-0.05, 0) is 5.41 Å². The summed E-state index contributed by atoms with van der Waals surface area (Å²) in [6.07, 6.45) is -0.232. The summed E-state index contributed by atoms with van der Waals surface area (Å²) in [6, 6.07) is 2.27. The number of methoxy groups -OCH3 is 2. The van der Waals surface area contributed by atoms with Crippen LogP contribution in [0.25, 0.3) is 0 Å². The highest BCUT2D eigenvalue weighted by atomic mass is 16.7. The Morgan fingerprint density at radius 3 is 2.08 bits per heavy atom. The van der Waals surface area contributed by atoms with E-state index in [4.69, 9.17) is 14.7 Å². The third kappa shape index (κ3) is 1.21. The smallest absolute Gasteiger partial charge is 0.161 e. The number of hydrogen-bond donors (Lipinski definition) is 0. The summed E-state index contributed by atoms with van der Waals surface area (Å²) in [4.78, 5) is 0. The van der Waals surface area contributed by atoms with E-state index in [0.717, 1.165) is 0 Å². The highest BCUT2D eigenvalue weighted by Crippen LogP contribution is 2.60. The summed E-state index contributed by atoms with van der Waals surface area (Å²) >= 11 is 0. The zero-order valence-electron chi connectivity index (χ0n) is 8.00. The van der Waals surface area contributed by atoms with Crippen molar-refractivity contribution >= 4 is 0 Å². The van der Waals surface area contributed by atoms with Crippen LogP contribution >= 0.6 is 0 Å². The third-order valence-electron chi connectivity index (χ3n) is 2.81. The Labute approximate surface area is 73.3 Å². The van der Waals surface area contributed by atoms with Crippen molar-refractivity contribution in [2.45, 2.75) is 20.1 Å². The summed E-state index contributed by atoms with van der Waals surface area (Å²) in [7, 11) is 3.22. The Bertz CT molecular complexity index is 203. The number of ether oxygens (including phenoxy) is 2. The van der Waals surface area contributed by atoms with Crippen molar-refractivity contribution < 1.29 is 9.47 Å². The van der Waals surface area contributed by atoms with Gasteiger partial charge in [0, 0.05) is 20.1 Å². The van der Waals surface area contributed by atoms with Crippen LogP contribution in [0.4, 0.5) is 0 Å². The molecule has 12 heavy (non-hydrogen) atoms. The van der Waals surface area contributed by atoms with Crippen molar-refractivity contribution in [2.24, 2.45) is 17.3 Å². The van der Waals surface area contributed by atoms with Crippen LogP contribution in [-0.4, -0.2) is 20.5 Å². The Morgan fingerprint density at radius 2 is 1.83 bits per heavy atom. The lowest BCUT2D eigenvalue weighted by Crippen LogP contribution is -2.18. The van der Waals surface area contributed by atoms with E-state index in [1.54, 1.807) is 14.2 Å². The molecule has 0 bridgehead atoms. The van der Waals surface area contributed by atoms with Gasteiger partial charge in [-0.15, -0.1) is 0 Å². The lowest BCUT2D eigenvalue weighted by Gasteiger charge is -2.13. The molecule has 0 aromatic carbocycles. The molecule has 0 aromatic rings. The maximum atomic E-state index is 8.79. The molecule has 1 aliphatic rings. The first kappa shape index (κ1) is 9.50. The van der Waals surface area contributed by atoms with Crippen LogP contribution in [0, 0.1) is 28.6 Å². The summed E-state index contributed by atoms with van der Waals surface area (Å²) < 4.78 is 10.2. The second-order valence-electron chi connectivity index (χ2n) is 3.79. The van der Waals surface area contributed by atoms with Gasteiger partial charge in [0.2, 0.25) is 0 Å². The Balaban J connectivity index is 2.63. The lowest BCUT2D eigenvalue weighted by atomic mass is 10.1. The van der Waals surface area contributed by atoms with E-state index in [2.05, 4.69) is 19.9 Å². The first-order valence-corrected chi connectivity index (χ1v) is 4.04. The van der Waals surface area contributed by atoms with Gasteiger partial charge in [0.15, 0.2) is 6.29 Å². The monoisotopic (exact) mass is 169 g/mol. The molecule has 2 unspecified atom stereocenters. The van der Waals surface area contributed by atoms with E-state index in [1.807, 2.05) is 0 Å². The van der Waals surface area contributed by atoms with E-state index in [9.17, 15) is 0 Å². The predicted molar refractivity (Wildman–Crippen MR) is 44.2 cm³/mol. The van der Waals surface area contributed by atoms with Crippen molar-refractivity contribution in [3.8, 4) is 6.07 Å². The molecule has 0 amide bonds. The molecule has 0 saturated heterocycles. The summed E-state index contributed by atoms with van der Waals surface area (Å²) in [5, 5.41) is 8.79. The van der Waals surface area contributed by atoms with Crippen molar-refractivity contribution in [3.05, 3.63) is 0 Å². The molecule has 68 valence electrons. The molecule has 1 saturated carbocycles. The molecule has 0 heterocycles. The van der Waals surface area contributed by atoms with Gasteiger partial charge < -0.3 is 9.47 Å². The van der Waals surface area contributed by atoms with Crippen LogP contribution in [-0.2, 0) is 9.47 Å². The largest absolute Gasteiger partial charge is 0.356 e. The molecule has 3 nitrogen and oxygen atoms in total. The highest BCUT2D eigenvalue weighted by Gasteiger charge is 2.62. The fourth-order valence-corrected chi connectivity index (χ4v) is 1.82. The molecule has 0 N–H and O–H groups in total. The van der Waals surface area contributed by atoms with Gasteiger partial charge in [-0.3, -0.25) is 0 Å². The summed E-state index contributed by atoms with van der Waals surface area (Å²) in [6.45, 7) is 4.13. The van der Waals surface area contributed by atoms with Gasteiger partial charge >= 0.3 is 0 Å². The zero-order valence-corrected chi connectivity index (χ0v) is 8.00. The molecule has 0 aromatic heterocycles. The fourth-order valence-electron chi connectivity index (χ4n) is 1.82.